The fraction of sp³-hybridized carbons (Fsp3) is 0.176. The Kier molecular flexibility index (Phi) is 3.79. The highest BCUT2D eigenvalue weighted by Gasteiger charge is 2.12. The van der Waals surface area contributed by atoms with Crippen molar-refractivity contribution in [1.29, 1.82) is 0 Å². The van der Waals surface area contributed by atoms with E-state index in [9.17, 15) is 0 Å². The summed E-state index contributed by atoms with van der Waals surface area (Å²) in [6.45, 7) is 0.584. The predicted octanol–water partition coefficient (Wildman–Crippen LogP) is 3.47. The van der Waals surface area contributed by atoms with Gasteiger partial charge in [-0.3, -0.25) is 0 Å². The molecule has 4 heteroatoms. The van der Waals surface area contributed by atoms with Gasteiger partial charge in [0.05, 0.1) is 7.11 Å². The quantitative estimate of drug-likeness (QED) is 0.753. The standard InChI is InChI=1S/C17H18N2O2/c1-20-12-6-8-13(9-7-12)21-17-15(10-11-18)14-4-2-3-5-16(14)19-17/h2-9,19H,10-11,18H2,1H3. The van der Waals surface area contributed by atoms with Gasteiger partial charge in [-0.1, -0.05) is 18.2 Å². The number of H-pyrrole nitrogens is 1. The second-order valence-corrected chi connectivity index (χ2v) is 4.79. The number of aromatic amines is 1. The summed E-state index contributed by atoms with van der Waals surface area (Å²) in [5.41, 5.74) is 7.90. The first kappa shape index (κ1) is 13.5. The zero-order chi connectivity index (χ0) is 14.7. The molecule has 4 nitrogen and oxygen atoms in total. The normalized spacial score (nSPS) is 10.8. The topological polar surface area (TPSA) is 60.3 Å². The second-order valence-electron chi connectivity index (χ2n) is 4.79. The zero-order valence-corrected chi connectivity index (χ0v) is 11.9. The minimum absolute atomic E-state index is 0.584. The third-order valence-corrected chi connectivity index (χ3v) is 3.45. The van der Waals surface area contributed by atoms with Gasteiger partial charge in [0.2, 0.25) is 5.88 Å². The van der Waals surface area contributed by atoms with Crippen LogP contribution in [0.1, 0.15) is 5.56 Å². The average molecular weight is 282 g/mol. The molecule has 0 atom stereocenters. The minimum Gasteiger partial charge on any atom is -0.497 e. The van der Waals surface area contributed by atoms with E-state index in [4.69, 9.17) is 15.2 Å². The van der Waals surface area contributed by atoms with E-state index in [0.29, 0.717) is 6.54 Å². The molecule has 1 heterocycles. The van der Waals surface area contributed by atoms with Crippen LogP contribution in [0.3, 0.4) is 0 Å². The molecule has 0 aliphatic rings. The highest BCUT2D eigenvalue weighted by molar-refractivity contribution is 5.86. The van der Waals surface area contributed by atoms with Crippen molar-refractivity contribution < 1.29 is 9.47 Å². The van der Waals surface area contributed by atoms with Crippen LogP contribution in [0.4, 0.5) is 0 Å². The van der Waals surface area contributed by atoms with Gasteiger partial charge in [-0.25, -0.2) is 0 Å². The zero-order valence-electron chi connectivity index (χ0n) is 11.9. The lowest BCUT2D eigenvalue weighted by atomic mass is 10.1. The Balaban J connectivity index is 1.96. The van der Waals surface area contributed by atoms with Crippen LogP contribution in [-0.2, 0) is 6.42 Å². The molecule has 1 aromatic heterocycles. The number of benzene rings is 2. The summed E-state index contributed by atoms with van der Waals surface area (Å²) < 4.78 is 11.1. The Labute approximate surface area is 123 Å². The lowest BCUT2D eigenvalue weighted by Crippen LogP contribution is -2.03. The highest BCUT2D eigenvalue weighted by Crippen LogP contribution is 2.32. The molecule has 0 amide bonds. The van der Waals surface area contributed by atoms with Gasteiger partial charge in [0, 0.05) is 16.5 Å². The summed E-state index contributed by atoms with van der Waals surface area (Å²) in [4.78, 5) is 3.32. The van der Waals surface area contributed by atoms with Crippen molar-refractivity contribution in [2.45, 2.75) is 6.42 Å². The Bertz CT molecular complexity index is 732. The van der Waals surface area contributed by atoms with Gasteiger partial charge in [0.15, 0.2) is 0 Å². The van der Waals surface area contributed by atoms with E-state index in [-0.39, 0.29) is 0 Å². The van der Waals surface area contributed by atoms with E-state index in [0.717, 1.165) is 40.3 Å². The van der Waals surface area contributed by atoms with Crippen molar-refractivity contribution in [1.82, 2.24) is 4.98 Å². The molecular weight excluding hydrogens is 264 g/mol. The van der Waals surface area contributed by atoms with E-state index in [2.05, 4.69) is 11.1 Å². The van der Waals surface area contributed by atoms with Gasteiger partial charge >= 0.3 is 0 Å². The Morgan fingerprint density at radius 2 is 1.71 bits per heavy atom. The van der Waals surface area contributed by atoms with E-state index in [1.807, 2.05) is 42.5 Å². The number of methoxy groups -OCH3 is 1. The van der Waals surface area contributed by atoms with Gasteiger partial charge in [0.1, 0.15) is 11.5 Å². The van der Waals surface area contributed by atoms with Crippen molar-refractivity contribution in [2.75, 3.05) is 13.7 Å². The lowest BCUT2D eigenvalue weighted by molar-refractivity contribution is 0.412. The first-order valence-corrected chi connectivity index (χ1v) is 6.93. The molecule has 108 valence electrons. The maximum Gasteiger partial charge on any atom is 0.201 e. The fourth-order valence-corrected chi connectivity index (χ4v) is 2.42. The molecule has 21 heavy (non-hydrogen) atoms. The van der Waals surface area contributed by atoms with Gasteiger partial charge in [-0.05, 0) is 43.3 Å². The number of fused-ring (bicyclic) bond motifs is 1. The smallest absolute Gasteiger partial charge is 0.201 e. The van der Waals surface area contributed by atoms with E-state index in [1.54, 1.807) is 7.11 Å². The minimum atomic E-state index is 0.584. The van der Waals surface area contributed by atoms with E-state index < -0.39 is 0 Å². The van der Waals surface area contributed by atoms with Gasteiger partial charge in [0.25, 0.3) is 0 Å². The Hall–Kier alpha value is -2.46. The summed E-state index contributed by atoms with van der Waals surface area (Å²) in [7, 11) is 1.65. The van der Waals surface area contributed by atoms with E-state index in [1.165, 1.54) is 0 Å². The number of aromatic nitrogens is 1. The molecule has 0 aliphatic heterocycles. The lowest BCUT2D eigenvalue weighted by Gasteiger charge is -2.07. The molecule has 0 fully saturated rings. The molecule has 3 rings (SSSR count). The third-order valence-electron chi connectivity index (χ3n) is 3.45. The molecule has 3 N–H and O–H groups in total. The molecule has 0 unspecified atom stereocenters. The number of ether oxygens (including phenoxy) is 2. The summed E-state index contributed by atoms with van der Waals surface area (Å²) >= 11 is 0. The summed E-state index contributed by atoms with van der Waals surface area (Å²) in [5, 5.41) is 1.16. The molecule has 0 spiro atoms. The highest BCUT2D eigenvalue weighted by atomic mass is 16.5. The molecule has 0 radical (unpaired) electrons. The first-order chi connectivity index (χ1) is 10.3. The molecule has 3 aromatic rings. The van der Waals surface area contributed by atoms with Crippen LogP contribution in [-0.4, -0.2) is 18.6 Å². The van der Waals surface area contributed by atoms with Gasteiger partial charge < -0.3 is 20.2 Å². The predicted molar refractivity (Wildman–Crippen MR) is 84.1 cm³/mol. The van der Waals surface area contributed by atoms with Crippen LogP contribution >= 0.6 is 0 Å². The number of hydrogen-bond donors (Lipinski definition) is 2. The maximum absolute atomic E-state index is 5.98. The van der Waals surface area contributed by atoms with Crippen LogP contribution in [0, 0.1) is 0 Å². The van der Waals surface area contributed by atoms with Crippen molar-refractivity contribution in [2.24, 2.45) is 5.73 Å². The molecule has 0 saturated heterocycles. The third kappa shape index (κ3) is 2.71. The second kappa shape index (κ2) is 5.89. The number of rotatable bonds is 5. The molecule has 0 aliphatic carbocycles. The van der Waals surface area contributed by atoms with Crippen LogP contribution in [0.15, 0.2) is 48.5 Å². The van der Waals surface area contributed by atoms with Gasteiger partial charge in [-0.15, -0.1) is 0 Å². The van der Waals surface area contributed by atoms with Crippen LogP contribution in [0.5, 0.6) is 17.4 Å². The van der Waals surface area contributed by atoms with Crippen LogP contribution in [0.25, 0.3) is 10.9 Å². The largest absolute Gasteiger partial charge is 0.497 e. The summed E-state index contributed by atoms with van der Waals surface area (Å²) in [5.74, 6) is 2.33. The maximum atomic E-state index is 5.98. The number of nitrogens with two attached hydrogens (primary N) is 1. The van der Waals surface area contributed by atoms with Crippen LogP contribution < -0.4 is 15.2 Å². The van der Waals surface area contributed by atoms with Crippen LogP contribution in [0.2, 0.25) is 0 Å². The molecule has 2 aromatic carbocycles. The monoisotopic (exact) mass is 282 g/mol. The average Bonchev–Trinajstić information content (AvgIpc) is 2.86. The Morgan fingerprint density at radius 3 is 2.43 bits per heavy atom. The number of nitrogens with one attached hydrogen (secondary N) is 1. The molecule has 0 saturated carbocycles. The van der Waals surface area contributed by atoms with Crippen molar-refractivity contribution in [3.8, 4) is 17.4 Å². The number of para-hydroxylation sites is 1. The summed E-state index contributed by atoms with van der Waals surface area (Å²) in [6, 6.07) is 15.7. The van der Waals surface area contributed by atoms with Crippen molar-refractivity contribution >= 4 is 10.9 Å². The van der Waals surface area contributed by atoms with Crippen molar-refractivity contribution in [3.63, 3.8) is 0 Å². The fourth-order valence-electron chi connectivity index (χ4n) is 2.42. The van der Waals surface area contributed by atoms with Crippen molar-refractivity contribution in [3.05, 3.63) is 54.1 Å². The SMILES string of the molecule is COc1ccc(Oc2[nH]c3ccccc3c2CCN)cc1. The molecular formula is C17H18N2O2. The van der Waals surface area contributed by atoms with Gasteiger partial charge in [-0.2, -0.15) is 0 Å². The van der Waals surface area contributed by atoms with E-state index >= 15 is 0 Å². The Morgan fingerprint density at radius 1 is 1.00 bits per heavy atom. The molecule has 0 bridgehead atoms. The summed E-state index contributed by atoms with van der Waals surface area (Å²) in [6.07, 6.45) is 0.773. The first-order valence-electron chi connectivity index (χ1n) is 6.93. The number of hydrogen-bond acceptors (Lipinski definition) is 3.